The van der Waals surface area contributed by atoms with Gasteiger partial charge in [-0.25, -0.2) is 9.55 Å². The van der Waals surface area contributed by atoms with Crippen molar-refractivity contribution < 1.29 is 33.1 Å². The number of nitrogens with one attached hydrogen (secondary N) is 1. The third-order valence-corrected chi connectivity index (χ3v) is 5.42. The Morgan fingerprint density at radius 1 is 1.15 bits per heavy atom. The van der Waals surface area contributed by atoms with Crippen LogP contribution in [-0.2, 0) is 22.1 Å². The monoisotopic (exact) mass is 492 g/mol. The topological polar surface area (TPSA) is 127 Å². The highest BCUT2D eigenvalue weighted by Crippen LogP contribution is 2.36. The number of pyridine rings is 1. The van der Waals surface area contributed by atoms with Crippen LogP contribution in [0.4, 0.5) is 5.82 Å². The molecule has 176 valence electrons. The van der Waals surface area contributed by atoms with Gasteiger partial charge in [-0.1, -0.05) is 6.07 Å². The number of hydrogen-bond donors (Lipinski definition) is 3. The van der Waals surface area contributed by atoms with Gasteiger partial charge >= 0.3 is 7.82 Å². The van der Waals surface area contributed by atoms with E-state index in [9.17, 15) is 9.36 Å². The first kappa shape index (κ1) is 24.9. The minimum Gasteiger partial charge on any atom is -0.493 e. The third-order valence-electron chi connectivity index (χ3n) is 4.22. The highest BCUT2D eigenvalue weighted by Gasteiger charge is 2.15. The number of hydrogen-bond acceptors (Lipinski definition) is 7. The van der Waals surface area contributed by atoms with Crippen LogP contribution in [0.25, 0.3) is 0 Å². The molecule has 0 radical (unpaired) electrons. The summed E-state index contributed by atoms with van der Waals surface area (Å²) in [5.74, 6) is 0.904. The second-order valence-corrected chi connectivity index (χ2v) is 9.38. The highest BCUT2D eigenvalue weighted by molar-refractivity contribution is 7.46. The van der Waals surface area contributed by atoms with Crippen LogP contribution in [0.15, 0.2) is 53.4 Å². The van der Waals surface area contributed by atoms with Crippen molar-refractivity contribution in [3.63, 3.8) is 0 Å². The first-order chi connectivity index (χ1) is 15.7. The van der Waals surface area contributed by atoms with Gasteiger partial charge in [-0.15, -0.1) is 0 Å². The lowest BCUT2D eigenvalue weighted by atomic mass is 10.1. The molecule has 1 amide bonds. The number of rotatable bonds is 11. The van der Waals surface area contributed by atoms with Crippen molar-refractivity contribution in [3.8, 4) is 11.5 Å². The van der Waals surface area contributed by atoms with E-state index in [4.69, 9.17) is 19.3 Å². The normalized spacial score (nSPS) is 11.4. The van der Waals surface area contributed by atoms with E-state index < -0.39 is 13.7 Å². The lowest BCUT2D eigenvalue weighted by molar-refractivity contribution is 0.102. The van der Waals surface area contributed by atoms with E-state index in [0.29, 0.717) is 29.2 Å². The predicted octanol–water partition coefficient (Wildman–Crippen LogP) is 4.41. The molecular weight excluding hydrogens is 467 g/mol. The maximum absolute atomic E-state index is 12.8. The molecule has 0 atom stereocenters. The molecule has 2 aromatic heterocycles. The van der Waals surface area contributed by atoms with E-state index in [1.54, 1.807) is 35.6 Å². The van der Waals surface area contributed by atoms with Crippen LogP contribution in [0.3, 0.4) is 0 Å². The Morgan fingerprint density at radius 3 is 2.58 bits per heavy atom. The molecule has 0 aliphatic rings. The zero-order valence-electron chi connectivity index (χ0n) is 18.1. The lowest BCUT2D eigenvalue weighted by Gasteiger charge is -2.14. The van der Waals surface area contributed by atoms with E-state index >= 15 is 0 Å². The molecule has 0 fully saturated rings. The maximum Gasteiger partial charge on any atom is 0.469 e. The number of nitrogens with zero attached hydrogens (tertiary/aromatic N) is 1. The standard InChI is InChI=1S/C22H25N2O7PS/c1-15(2)31-20-10-18(9-19(11-20)29-7-5-16-6-8-33-14-16)22(25)24-21-4-3-17(12-23-21)13-30-32(26,27)28/h3-4,6,8-12,14-15H,5,7,13H2,1-2H3,(H,23,24,25)(H2,26,27,28). The van der Waals surface area contributed by atoms with E-state index in [0.717, 1.165) is 6.42 Å². The van der Waals surface area contributed by atoms with Gasteiger partial charge in [0, 0.05) is 24.2 Å². The summed E-state index contributed by atoms with van der Waals surface area (Å²) >= 11 is 1.63. The van der Waals surface area contributed by atoms with Crippen LogP contribution in [0.1, 0.15) is 35.3 Å². The fraction of sp³-hybridized carbons (Fsp3) is 0.273. The smallest absolute Gasteiger partial charge is 0.469 e. The molecule has 2 heterocycles. The van der Waals surface area contributed by atoms with E-state index in [1.165, 1.54) is 17.8 Å². The number of phosphoric ester groups is 1. The van der Waals surface area contributed by atoms with Crippen molar-refractivity contribution in [2.24, 2.45) is 0 Å². The average molecular weight is 492 g/mol. The molecule has 0 aliphatic carbocycles. The van der Waals surface area contributed by atoms with Gasteiger partial charge in [-0.05, 0) is 60.0 Å². The van der Waals surface area contributed by atoms with Gasteiger partial charge in [0.2, 0.25) is 0 Å². The Hall–Kier alpha value is -2.75. The molecule has 0 aliphatic heterocycles. The summed E-state index contributed by atoms with van der Waals surface area (Å²) in [5.41, 5.74) is 1.98. The second-order valence-electron chi connectivity index (χ2n) is 7.36. The van der Waals surface area contributed by atoms with Crippen LogP contribution in [0.5, 0.6) is 11.5 Å². The Balaban J connectivity index is 1.67. The fourth-order valence-electron chi connectivity index (χ4n) is 2.78. The lowest BCUT2D eigenvalue weighted by Crippen LogP contribution is -2.14. The third kappa shape index (κ3) is 8.60. The summed E-state index contributed by atoms with van der Waals surface area (Å²) in [6.07, 6.45) is 2.04. The van der Waals surface area contributed by atoms with Crippen molar-refractivity contribution in [1.82, 2.24) is 4.98 Å². The quantitative estimate of drug-likeness (QED) is 0.336. The molecule has 0 saturated carbocycles. The summed E-state index contributed by atoms with van der Waals surface area (Å²) < 4.78 is 26.9. The number of phosphoric acid groups is 1. The summed E-state index contributed by atoms with van der Waals surface area (Å²) in [4.78, 5) is 34.5. The molecular formula is C22H25N2O7PS. The Morgan fingerprint density at radius 2 is 1.94 bits per heavy atom. The molecule has 9 nitrogen and oxygen atoms in total. The first-order valence-electron chi connectivity index (χ1n) is 10.1. The highest BCUT2D eigenvalue weighted by atomic mass is 32.1. The van der Waals surface area contributed by atoms with Gasteiger partial charge in [-0.3, -0.25) is 9.32 Å². The van der Waals surface area contributed by atoms with Crippen LogP contribution < -0.4 is 14.8 Å². The second kappa shape index (κ2) is 11.4. The minimum absolute atomic E-state index is 0.0773. The summed E-state index contributed by atoms with van der Waals surface area (Å²) in [6.45, 7) is 3.95. The molecule has 3 N–H and O–H groups in total. The molecule has 3 aromatic rings. The van der Waals surface area contributed by atoms with E-state index in [2.05, 4.69) is 20.2 Å². The van der Waals surface area contributed by atoms with Gasteiger partial charge in [0.25, 0.3) is 5.91 Å². The molecule has 0 bridgehead atoms. The van der Waals surface area contributed by atoms with Crippen molar-refractivity contribution in [2.75, 3.05) is 11.9 Å². The van der Waals surface area contributed by atoms with Gasteiger partial charge in [0.05, 0.1) is 19.3 Å². The zero-order chi connectivity index (χ0) is 23.8. The van der Waals surface area contributed by atoms with Crippen molar-refractivity contribution in [2.45, 2.75) is 33.0 Å². The summed E-state index contributed by atoms with van der Waals surface area (Å²) in [6, 6.07) is 10.1. The Kier molecular flexibility index (Phi) is 8.60. The predicted molar refractivity (Wildman–Crippen MR) is 125 cm³/mol. The zero-order valence-corrected chi connectivity index (χ0v) is 19.8. The van der Waals surface area contributed by atoms with Crippen molar-refractivity contribution in [3.05, 3.63) is 70.0 Å². The molecule has 0 unspecified atom stereocenters. The number of amides is 1. The Bertz CT molecular complexity index is 1100. The molecule has 11 heteroatoms. The van der Waals surface area contributed by atoms with Crippen LogP contribution >= 0.6 is 19.2 Å². The SMILES string of the molecule is CC(C)Oc1cc(OCCc2ccsc2)cc(C(=O)Nc2ccc(COP(=O)(O)O)cn2)c1. The van der Waals surface area contributed by atoms with Crippen LogP contribution in [0.2, 0.25) is 0 Å². The number of ether oxygens (including phenoxy) is 2. The molecule has 0 saturated heterocycles. The van der Waals surface area contributed by atoms with Crippen molar-refractivity contribution in [1.29, 1.82) is 0 Å². The van der Waals surface area contributed by atoms with Gasteiger partial charge in [0.1, 0.15) is 17.3 Å². The number of anilines is 1. The number of thiophene rings is 1. The maximum atomic E-state index is 12.8. The van der Waals surface area contributed by atoms with Crippen LogP contribution in [-0.4, -0.2) is 33.4 Å². The van der Waals surface area contributed by atoms with Gasteiger partial charge in [-0.2, -0.15) is 11.3 Å². The average Bonchev–Trinajstić information content (AvgIpc) is 3.25. The molecule has 0 spiro atoms. The number of aromatic nitrogens is 1. The summed E-state index contributed by atoms with van der Waals surface area (Å²) in [7, 11) is -4.57. The van der Waals surface area contributed by atoms with Gasteiger partial charge < -0.3 is 24.6 Å². The molecule has 1 aromatic carbocycles. The number of carbonyl (C=O) groups excluding carboxylic acids is 1. The largest absolute Gasteiger partial charge is 0.493 e. The summed E-state index contributed by atoms with van der Waals surface area (Å²) in [5, 5.41) is 6.77. The first-order valence-corrected chi connectivity index (χ1v) is 12.6. The van der Waals surface area contributed by atoms with E-state index in [1.807, 2.05) is 25.3 Å². The van der Waals surface area contributed by atoms with Crippen LogP contribution in [0, 0.1) is 0 Å². The van der Waals surface area contributed by atoms with Gasteiger partial charge in [0.15, 0.2) is 0 Å². The molecule has 33 heavy (non-hydrogen) atoms. The number of benzene rings is 1. The molecule has 3 rings (SSSR count). The van der Waals surface area contributed by atoms with Crippen molar-refractivity contribution >= 4 is 30.9 Å². The van der Waals surface area contributed by atoms with E-state index in [-0.39, 0.29) is 18.5 Å². The number of carbonyl (C=O) groups is 1. The fourth-order valence-corrected chi connectivity index (χ4v) is 3.80. The minimum atomic E-state index is -4.57. The Labute approximate surface area is 195 Å².